The molecule has 0 spiro atoms. The number of benzene rings is 2. The molecule has 9 heteroatoms. The van der Waals surface area contributed by atoms with Crippen LogP contribution in [0.2, 0.25) is 10.0 Å². The smallest absolute Gasteiger partial charge is 0.275 e. The molecule has 0 bridgehead atoms. The third-order valence-corrected chi connectivity index (χ3v) is 3.31. The maximum Gasteiger partial charge on any atom is 0.275 e. The fourth-order valence-corrected chi connectivity index (χ4v) is 2.17. The number of carbonyl (C=O) groups is 1. The highest BCUT2D eigenvalue weighted by Crippen LogP contribution is 2.36. The fraction of sp³-hybridized carbons (Fsp3) is 0. The molecule has 120 valence electrons. The highest BCUT2D eigenvalue weighted by atomic mass is 35.5. The van der Waals surface area contributed by atoms with Crippen LogP contribution in [0.4, 0.5) is 0 Å². The highest BCUT2D eigenvalue weighted by molar-refractivity contribution is 6.36. The summed E-state index contributed by atoms with van der Waals surface area (Å²) in [6.45, 7) is 0. The van der Waals surface area contributed by atoms with E-state index >= 15 is 0 Å². The molecule has 0 radical (unpaired) electrons. The van der Waals surface area contributed by atoms with Gasteiger partial charge in [-0.3, -0.25) is 4.79 Å². The molecule has 0 fully saturated rings. The van der Waals surface area contributed by atoms with E-state index in [1.54, 1.807) is 0 Å². The van der Waals surface area contributed by atoms with Crippen LogP contribution in [0, 0.1) is 0 Å². The lowest BCUT2D eigenvalue weighted by Crippen LogP contribution is -2.17. The van der Waals surface area contributed by atoms with E-state index in [0.717, 1.165) is 18.3 Å². The molecular weight excluding hydrogens is 347 g/mol. The largest absolute Gasteiger partial charge is 0.506 e. The summed E-state index contributed by atoms with van der Waals surface area (Å²) < 4.78 is 0. The average molecular weight is 357 g/mol. The molecule has 0 saturated carbocycles. The predicted molar refractivity (Wildman–Crippen MR) is 84.6 cm³/mol. The van der Waals surface area contributed by atoms with Gasteiger partial charge in [-0.15, -0.1) is 0 Å². The van der Waals surface area contributed by atoms with Gasteiger partial charge in [-0.25, -0.2) is 5.43 Å². The molecule has 0 aliphatic heterocycles. The minimum atomic E-state index is -0.846. The van der Waals surface area contributed by atoms with Crippen molar-refractivity contribution in [3.8, 4) is 23.0 Å². The second kappa shape index (κ2) is 6.64. The number of nitrogens with one attached hydrogen (secondary N) is 1. The minimum absolute atomic E-state index is 0.0198. The number of halogens is 2. The number of hydrogen-bond donors (Lipinski definition) is 5. The number of rotatable bonds is 3. The number of phenols is 4. The van der Waals surface area contributed by atoms with E-state index in [-0.39, 0.29) is 26.9 Å². The monoisotopic (exact) mass is 356 g/mol. The number of carbonyl (C=O) groups excluding carboxylic acids is 1. The SMILES string of the molecule is O=C(N/N=C/c1cc(Cl)cc(Cl)c1O)c1ccc(O)c(O)c1O. The van der Waals surface area contributed by atoms with Crippen molar-refractivity contribution in [2.24, 2.45) is 5.10 Å². The van der Waals surface area contributed by atoms with Gasteiger partial charge in [-0.1, -0.05) is 23.2 Å². The van der Waals surface area contributed by atoms with E-state index in [2.05, 4.69) is 10.5 Å². The van der Waals surface area contributed by atoms with Gasteiger partial charge in [0.1, 0.15) is 5.75 Å². The molecule has 0 aliphatic rings. The van der Waals surface area contributed by atoms with E-state index in [1.165, 1.54) is 12.1 Å². The molecule has 2 aromatic rings. The molecule has 0 atom stereocenters. The number of amides is 1. The van der Waals surface area contributed by atoms with Crippen molar-refractivity contribution in [1.29, 1.82) is 0 Å². The Balaban J connectivity index is 2.18. The van der Waals surface area contributed by atoms with E-state index in [9.17, 15) is 25.2 Å². The van der Waals surface area contributed by atoms with Crippen LogP contribution in [0.3, 0.4) is 0 Å². The van der Waals surface area contributed by atoms with E-state index in [1.807, 2.05) is 0 Å². The number of nitrogens with zero attached hydrogens (tertiary/aromatic N) is 1. The van der Waals surface area contributed by atoms with Gasteiger partial charge in [0.15, 0.2) is 11.5 Å². The summed E-state index contributed by atoms with van der Waals surface area (Å²) in [5.74, 6) is -3.28. The Morgan fingerprint density at radius 2 is 1.74 bits per heavy atom. The lowest BCUT2D eigenvalue weighted by Gasteiger charge is -2.06. The van der Waals surface area contributed by atoms with Crippen molar-refractivity contribution < 1.29 is 25.2 Å². The van der Waals surface area contributed by atoms with Crippen LogP contribution in [-0.4, -0.2) is 32.5 Å². The molecule has 2 rings (SSSR count). The summed E-state index contributed by atoms with van der Waals surface area (Å²) in [4.78, 5) is 11.8. The second-order valence-corrected chi connectivity index (χ2v) is 5.20. The first-order chi connectivity index (χ1) is 10.8. The van der Waals surface area contributed by atoms with Crippen LogP contribution in [0.5, 0.6) is 23.0 Å². The maximum absolute atomic E-state index is 11.8. The molecule has 7 nitrogen and oxygen atoms in total. The maximum atomic E-state index is 11.8. The Bertz CT molecular complexity index is 808. The molecule has 23 heavy (non-hydrogen) atoms. The van der Waals surface area contributed by atoms with Crippen molar-refractivity contribution in [3.63, 3.8) is 0 Å². The van der Waals surface area contributed by atoms with Crippen molar-refractivity contribution in [3.05, 3.63) is 45.4 Å². The zero-order valence-corrected chi connectivity index (χ0v) is 12.8. The standard InChI is InChI=1S/C14H10Cl2N2O5/c15-7-3-6(11(20)9(16)4-7)5-17-18-14(23)8-1-2-10(19)13(22)12(8)21/h1-5,19-22H,(H,18,23)/b17-5+. The topological polar surface area (TPSA) is 122 Å². The van der Waals surface area contributed by atoms with Gasteiger partial charge < -0.3 is 20.4 Å². The van der Waals surface area contributed by atoms with Gasteiger partial charge in [0, 0.05) is 10.6 Å². The summed E-state index contributed by atoms with van der Waals surface area (Å²) in [7, 11) is 0. The van der Waals surface area contributed by atoms with Crippen LogP contribution >= 0.6 is 23.2 Å². The van der Waals surface area contributed by atoms with Crippen LogP contribution in [0.25, 0.3) is 0 Å². The van der Waals surface area contributed by atoms with Crippen LogP contribution < -0.4 is 5.43 Å². The van der Waals surface area contributed by atoms with Crippen LogP contribution in [-0.2, 0) is 0 Å². The molecule has 0 unspecified atom stereocenters. The van der Waals surface area contributed by atoms with Crippen molar-refractivity contribution in [2.75, 3.05) is 0 Å². The van der Waals surface area contributed by atoms with Crippen LogP contribution in [0.15, 0.2) is 29.4 Å². The van der Waals surface area contributed by atoms with E-state index in [0.29, 0.717) is 0 Å². The van der Waals surface area contributed by atoms with E-state index in [4.69, 9.17) is 23.2 Å². The van der Waals surface area contributed by atoms with Gasteiger partial charge in [-0.05, 0) is 24.3 Å². The van der Waals surface area contributed by atoms with Gasteiger partial charge >= 0.3 is 0 Å². The first-order valence-corrected chi connectivity index (χ1v) is 6.82. The molecule has 0 heterocycles. The Labute approximate surface area is 140 Å². The molecule has 5 N–H and O–H groups in total. The Hall–Kier alpha value is -2.64. The summed E-state index contributed by atoms with van der Waals surface area (Å²) in [6, 6.07) is 4.85. The fourth-order valence-electron chi connectivity index (χ4n) is 1.66. The third-order valence-electron chi connectivity index (χ3n) is 2.80. The van der Waals surface area contributed by atoms with Gasteiger partial charge in [-0.2, -0.15) is 5.10 Å². The van der Waals surface area contributed by atoms with E-state index < -0.39 is 23.2 Å². The molecule has 0 saturated heterocycles. The lowest BCUT2D eigenvalue weighted by atomic mass is 10.1. The van der Waals surface area contributed by atoms with Crippen molar-refractivity contribution >= 4 is 35.3 Å². The van der Waals surface area contributed by atoms with Crippen LogP contribution in [0.1, 0.15) is 15.9 Å². The lowest BCUT2D eigenvalue weighted by molar-refractivity contribution is 0.0951. The summed E-state index contributed by atoms with van der Waals surface area (Å²) in [5.41, 5.74) is 1.95. The zero-order valence-electron chi connectivity index (χ0n) is 11.3. The highest BCUT2D eigenvalue weighted by Gasteiger charge is 2.16. The number of hydrogen-bond acceptors (Lipinski definition) is 6. The first kappa shape index (κ1) is 16.7. The second-order valence-electron chi connectivity index (χ2n) is 4.35. The molecule has 0 aliphatic carbocycles. The number of aromatic hydroxyl groups is 4. The Morgan fingerprint density at radius 3 is 2.43 bits per heavy atom. The average Bonchev–Trinajstić information content (AvgIpc) is 2.49. The predicted octanol–water partition coefficient (Wildman–Crippen LogP) is 2.58. The normalized spacial score (nSPS) is 10.9. The number of hydrazone groups is 1. The molecule has 0 aromatic heterocycles. The summed E-state index contributed by atoms with van der Waals surface area (Å²) >= 11 is 11.5. The Morgan fingerprint density at radius 1 is 1.04 bits per heavy atom. The zero-order chi connectivity index (χ0) is 17.1. The minimum Gasteiger partial charge on any atom is -0.506 e. The molecule has 2 aromatic carbocycles. The van der Waals surface area contributed by atoms with Crippen molar-refractivity contribution in [1.82, 2.24) is 5.43 Å². The molecule has 1 amide bonds. The third kappa shape index (κ3) is 3.58. The first-order valence-electron chi connectivity index (χ1n) is 6.06. The Kier molecular flexibility index (Phi) is 4.83. The summed E-state index contributed by atoms with van der Waals surface area (Å²) in [6.07, 6.45) is 1.10. The summed E-state index contributed by atoms with van der Waals surface area (Å²) in [5, 5.41) is 41.7. The van der Waals surface area contributed by atoms with Gasteiger partial charge in [0.05, 0.1) is 16.8 Å². The number of phenolic OH excluding ortho intramolecular Hbond substituents is 4. The van der Waals surface area contributed by atoms with Crippen molar-refractivity contribution in [2.45, 2.75) is 0 Å². The van der Waals surface area contributed by atoms with Gasteiger partial charge in [0.2, 0.25) is 5.75 Å². The molecular formula is C14H10Cl2N2O5. The van der Waals surface area contributed by atoms with Gasteiger partial charge in [0.25, 0.3) is 5.91 Å². The quantitative estimate of drug-likeness (QED) is 0.328.